The van der Waals surface area contributed by atoms with Crippen LogP contribution in [0.25, 0.3) is 0 Å². The molecule has 1 aliphatic carbocycles. The maximum absolute atomic E-state index is 12.6. The number of amides is 1. The number of likely N-dealkylation sites (tertiary alicyclic amines) is 1. The van der Waals surface area contributed by atoms with Crippen LogP contribution in [0.3, 0.4) is 0 Å². The Morgan fingerprint density at radius 3 is 2.68 bits per heavy atom. The van der Waals surface area contributed by atoms with Gasteiger partial charge in [0.2, 0.25) is 5.91 Å². The van der Waals surface area contributed by atoms with Crippen molar-refractivity contribution < 1.29 is 9.53 Å². The number of guanidine groups is 1. The number of aliphatic imine (C=N–C) groups is 1. The van der Waals surface area contributed by atoms with Gasteiger partial charge in [0.1, 0.15) is 12.4 Å². The Kier molecular flexibility index (Phi) is 9.87. The zero-order chi connectivity index (χ0) is 18.9. The molecule has 1 atom stereocenters. The second-order valence-corrected chi connectivity index (χ2v) is 7.32. The number of nitrogens with zero attached hydrogens (tertiary/aromatic N) is 2. The number of para-hydroxylation sites is 1. The van der Waals surface area contributed by atoms with Crippen molar-refractivity contribution in [3.63, 3.8) is 0 Å². The van der Waals surface area contributed by atoms with E-state index in [2.05, 4.69) is 22.5 Å². The van der Waals surface area contributed by atoms with Gasteiger partial charge >= 0.3 is 0 Å². The molecule has 7 heteroatoms. The summed E-state index contributed by atoms with van der Waals surface area (Å²) in [5, 5.41) is 6.77. The maximum Gasteiger partial charge on any atom is 0.225 e. The van der Waals surface area contributed by atoms with Gasteiger partial charge in [-0.05, 0) is 38.3 Å². The number of carbonyl (C=O) groups is 1. The normalized spacial score (nSPS) is 20.0. The van der Waals surface area contributed by atoms with Gasteiger partial charge in [0.05, 0.1) is 6.54 Å². The molecule has 156 valence electrons. The molecule has 0 aromatic heterocycles. The van der Waals surface area contributed by atoms with Crippen LogP contribution in [-0.2, 0) is 4.79 Å². The zero-order valence-electron chi connectivity index (χ0n) is 16.7. The highest BCUT2D eigenvalue weighted by Crippen LogP contribution is 2.27. The van der Waals surface area contributed by atoms with Crippen LogP contribution in [0.4, 0.5) is 0 Å². The van der Waals surface area contributed by atoms with Gasteiger partial charge in [-0.25, -0.2) is 4.99 Å². The van der Waals surface area contributed by atoms with E-state index in [4.69, 9.17) is 4.74 Å². The fourth-order valence-corrected chi connectivity index (χ4v) is 3.86. The van der Waals surface area contributed by atoms with Crippen molar-refractivity contribution >= 4 is 35.8 Å². The van der Waals surface area contributed by atoms with Gasteiger partial charge in [-0.1, -0.05) is 31.0 Å². The molecule has 1 aromatic rings. The lowest BCUT2D eigenvalue weighted by molar-refractivity contribution is -0.134. The monoisotopic (exact) mass is 500 g/mol. The molecule has 0 spiro atoms. The van der Waals surface area contributed by atoms with E-state index in [0.29, 0.717) is 19.1 Å². The van der Waals surface area contributed by atoms with Crippen LogP contribution in [0.1, 0.15) is 39.0 Å². The number of carbonyl (C=O) groups excluding carboxylic acids is 1. The number of halogens is 1. The molecule has 28 heavy (non-hydrogen) atoms. The Bertz CT molecular complexity index is 620. The molecule has 0 bridgehead atoms. The minimum atomic E-state index is 0. The van der Waals surface area contributed by atoms with Crippen molar-refractivity contribution in [2.75, 3.05) is 32.8 Å². The summed E-state index contributed by atoms with van der Waals surface area (Å²) in [4.78, 5) is 19.2. The predicted octanol–water partition coefficient (Wildman–Crippen LogP) is 3.03. The van der Waals surface area contributed by atoms with E-state index in [1.54, 1.807) is 0 Å². The van der Waals surface area contributed by atoms with Gasteiger partial charge in [-0.2, -0.15) is 0 Å². The first-order valence-electron chi connectivity index (χ1n) is 10.3. The largest absolute Gasteiger partial charge is 0.492 e. The van der Waals surface area contributed by atoms with Crippen LogP contribution < -0.4 is 15.4 Å². The van der Waals surface area contributed by atoms with Gasteiger partial charge < -0.3 is 20.3 Å². The summed E-state index contributed by atoms with van der Waals surface area (Å²) >= 11 is 0. The van der Waals surface area contributed by atoms with Crippen molar-refractivity contribution in [2.45, 2.75) is 45.1 Å². The Hall–Kier alpha value is -1.51. The highest BCUT2D eigenvalue weighted by molar-refractivity contribution is 14.0. The summed E-state index contributed by atoms with van der Waals surface area (Å²) in [7, 11) is 0. The van der Waals surface area contributed by atoms with Crippen molar-refractivity contribution in [2.24, 2.45) is 10.9 Å². The lowest BCUT2D eigenvalue weighted by atomic mass is 10.1. The van der Waals surface area contributed by atoms with Crippen LogP contribution in [0.15, 0.2) is 35.3 Å². The summed E-state index contributed by atoms with van der Waals surface area (Å²) in [6.07, 6.45) is 5.52. The zero-order valence-corrected chi connectivity index (χ0v) is 19.1. The molecule has 2 aliphatic rings. The molecule has 1 aromatic carbocycles. The fourth-order valence-electron chi connectivity index (χ4n) is 3.86. The smallest absolute Gasteiger partial charge is 0.225 e. The summed E-state index contributed by atoms with van der Waals surface area (Å²) in [5.41, 5.74) is 0. The average Bonchev–Trinajstić information content (AvgIpc) is 3.38. The number of benzene rings is 1. The minimum Gasteiger partial charge on any atom is -0.492 e. The van der Waals surface area contributed by atoms with E-state index >= 15 is 0 Å². The van der Waals surface area contributed by atoms with E-state index < -0.39 is 0 Å². The first kappa shape index (κ1) is 22.8. The first-order valence-corrected chi connectivity index (χ1v) is 10.3. The van der Waals surface area contributed by atoms with Crippen LogP contribution in [0.2, 0.25) is 0 Å². The van der Waals surface area contributed by atoms with Crippen molar-refractivity contribution in [1.29, 1.82) is 0 Å². The highest BCUT2D eigenvalue weighted by Gasteiger charge is 2.32. The van der Waals surface area contributed by atoms with Gasteiger partial charge in [-0.3, -0.25) is 4.79 Å². The van der Waals surface area contributed by atoms with Crippen molar-refractivity contribution in [3.05, 3.63) is 30.3 Å². The van der Waals surface area contributed by atoms with Crippen LogP contribution in [0, 0.1) is 5.92 Å². The highest BCUT2D eigenvalue weighted by atomic mass is 127. The maximum atomic E-state index is 12.6. The number of rotatable bonds is 7. The summed E-state index contributed by atoms with van der Waals surface area (Å²) in [6, 6.07) is 10.1. The number of hydrogen-bond donors (Lipinski definition) is 2. The van der Waals surface area contributed by atoms with Gasteiger partial charge in [-0.15, -0.1) is 24.0 Å². The SMILES string of the molecule is CCNC(=NCCOc1ccccc1)NC1CCN(C(=O)C2CCCC2)C1.I. The number of hydrogen-bond acceptors (Lipinski definition) is 3. The molecule has 1 unspecified atom stereocenters. The summed E-state index contributed by atoms with van der Waals surface area (Å²) in [6.45, 7) is 5.62. The van der Waals surface area contributed by atoms with Crippen LogP contribution in [-0.4, -0.2) is 55.6 Å². The number of ether oxygens (including phenoxy) is 1. The van der Waals surface area contributed by atoms with E-state index in [-0.39, 0.29) is 35.9 Å². The van der Waals surface area contributed by atoms with E-state index in [1.807, 2.05) is 35.2 Å². The molecule has 1 aliphatic heterocycles. The molecule has 2 fully saturated rings. The van der Waals surface area contributed by atoms with Gasteiger partial charge in [0.25, 0.3) is 0 Å². The Morgan fingerprint density at radius 2 is 1.96 bits per heavy atom. The predicted molar refractivity (Wildman–Crippen MR) is 123 cm³/mol. The molecule has 2 N–H and O–H groups in total. The fraction of sp³-hybridized carbons (Fsp3) is 0.619. The third-order valence-corrected chi connectivity index (χ3v) is 5.26. The standard InChI is InChI=1S/C21H32N4O2.HI/c1-2-22-21(23-13-15-27-19-10-4-3-5-11-19)24-18-12-14-25(16-18)20(26)17-8-6-7-9-17;/h3-5,10-11,17-18H,2,6-9,12-16H2,1H3,(H2,22,23,24);1H. The molecule has 6 nitrogen and oxygen atoms in total. The second-order valence-electron chi connectivity index (χ2n) is 7.32. The molecule has 1 saturated carbocycles. The molecule has 1 heterocycles. The Morgan fingerprint density at radius 1 is 1.21 bits per heavy atom. The molecule has 1 saturated heterocycles. The van der Waals surface area contributed by atoms with Gasteiger partial charge in [0.15, 0.2) is 5.96 Å². The molecule has 3 rings (SSSR count). The third kappa shape index (κ3) is 6.83. The first-order chi connectivity index (χ1) is 13.3. The van der Waals surface area contributed by atoms with E-state index in [0.717, 1.165) is 50.6 Å². The molecule has 1 amide bonds. The number of nitrogens with one attached hydrogen (secondary N) is 2. The van der Waals surface area contributed by atoms with Crippen molar-refractivity contribution in [1.82, 2.24) is 15.5 Å². The summed E-state index contributed by atoms with van der Waals surface area (Å²) in [5.74, 6) is 2.28. The second kappa shape index (κ2) is 12.1. The topological polar surface area (TPSA) is 66.0 Å². The van der Waals surface area contributed by atoms with Crippen molar-refractivity contribution in [3.8, 4) is 5.75 Å². The molecular weight excluding hydrogens is 467 g/mol. The summed E-state index contributed by atoms with van der Waals surface area (Å²) < 4.78 is 5.69. The molecular formula is C21H33IN4O2. The average molecular weight is 500 g/mol. The van der Waals surface area contributed by atoms with E-state index in [9.17, 15) is 4.79 Å². The lowest BCUT2D eigenvalue weighted by Crippen LogP contribution is -2.45. The Labute approximate surface area is 185 Å². The van der Waals surface area contributed by atoms with Gasteiger partial charge in [0, 0.05) is 31.6 Å². The molecule has 0 radical (unpaired) electrons. The quantitative estimate of drug-likeness (QED) is 0.262. The minimum absolute atomic E-state index is 0. The third-order valence-electron chi connectivity index (χ3n) is 5.26. The van der Waals surface area contributed by atoms with Crippen LogP contribution >= 0.6 is 24.0 Å². The lowest BCUT2D eigenvalue weighted by Gasteiger charge is -2.21. The van der Waals surface area contributed by atoms with Crippen LogP contribution in [0.5, 0.6) is 5.75 Å². The Balaban J connectivity index is 0.00000280. The van der Waals surface area contributed by atoms with E-state index in [1.165, 1.54) is 12.8 Å².